The topological polar surface area (TPSA) is 15.3 Å². The summed E-state index contributed by atoms with van der Waals surface area (Å²) < 4.78 is 0. The molecule has 2 rings (SSSR count). The van der Waals surface area contributed by atoms with E-state index in [1.54, 1.807) is 0 Å². The van der Waals surface area contributed by atoms with Crippen molar-refractivity contribution in [2.75, 3.05) is 20.1 Å². The molecule has 0 aliphatic heterocycles. The molecule has 0 amide bonds. The highest BCUT2D eigenvalue weighted by atomic mass is 15.1. The van der Waals surface area contributed by atoms with E-state index in [0.29, 0.717) is 0 Å². The predicted octanol–water partition coefficient (Wildman–Crippen LogP) is 3.28. The summed E-state index contributed by atoms with van der Waals surface area (Å²) in [5.41, 5.74) is 0. The third kappa shape index (κ3) is 3.96. The van der Waals surface area contributed by atoms with Gasteiger partial charge in [-0.15, -0.1) is 0 Å². The first-order valence-corrected chi connectivity index (χ1v) is 8.16. The molecule has 2 fully saturated rings. The van der Waals surface area contributed by atoms with Crippen LogP contribution in [0.5, 0.6) is 0 Å². The molecule has 0 heterocycles. The Bertz CT molecular complexity index is 237. The Morgan fingerprint density at radius 1 is 1.22 bits per heavy atom. The maximum atomic E-state index is 3.75. The van der Waals surface area contributed by atoms with Crippen molar-refractivity contribution in [2.45, 2.75) is 70.9 Å². The van der Waals surface area contributed by atoms with Crippen LogP contribution in [0.25, 0.3) is 0 Å². The maximum absolute atomic E-state index is 3.75. The molecule has 2 aliphatic carbocycles. The van der Waals surface area contributed by atoms with E-state index in [1.165, 1.54) is 58.0 Å². The SMILES string of the molecule is CCCNC1CCCC1CCN(C)C(C)C1CC1. The first kappa shape index (κ1) is 14.3. The molecular weight excluding hydrogens is 220 g/mol. The summed E-state index contributed by atoms with van der Waals surface area (Å²) in [6.45, 7) is 7.18. The minimum Gasteiger partial charge on any atom is -0.314 e. The maximum Gasteiger partial charge on any atom is 0.00958 e. The molecule has 2 aliphatic rings. The quantitative estimate of drug-likeness (QED) is 0.713. The molecule has 0 aromatic carbocycles. The molecule has 3 atom stereocenters. The summed E-state index contributed by atoms with van der Waals surface area (Å²) in [5, 5.41) is 3.75. The molecule has 0 aromatic rings. The van der Waals surface area contributed by atoms with Gasteiger partial charge in [0.25, 0.3) is 0 Å². The van der Waals surface area contributed by atoms with Gasteiger partial charge in [0.05, 0.1) is 0 Å². The zero-order valence-corrected chi connectivity index (χ0v) is 12.6. The van der Waals surface area contributed by atoms with Gasteiger partial charge in [-0.1, -0.05) is 13.3 Å². The Morgan fingerprint density at radius 2 is 2.00 bits per heavy atom. The second-order valence-corrected chi connectivity index (χ2v) is 6.60. The first-order valence-electron chi connectivity index (χ1n) is 8.16. The van der Waals surface area contributed by atoms with Gasteiger partial charge in [-0.2, -0.15) is 0 Å². The van der Waals surface area contributed by atoms with Crippen LogP contribution in [-0.4, -0.2) is 37.1 Å². The second-order valence-electron chi connectivity index (χ2n) is 6.60. The van der Waals surface area contributed by atoms with E-state index in [4.69, 9.17) is 0 Å². The van der Waals surface area contributed by atoms with Crippen LogP contribution in [0.4, 0.5) is 0 Å². The first-order chi connectivity index (χ1) is 8.72. The number of hydrogen-bond donors (Lipinski definition) is 1. The van der Waals surface area contributed by atoms with Gasteiger partial charge in [-0.05, 0) is 77.4 Å². The lowest BCUT2D eigenvalue weighted by Gasteiger charge is -2.28. The fraction of sp³-hybridized carbons (Fsp3) is 1.00. The monoisotopic (exact) mass is 252 g/mol. The highest BCUT2D eigenvalue weighted by molar-refractivity contribution is 4.86. The molecule has 2 nitrogen and oxygen atoms in total. The molecular formula is C16H32N2. The third-order valence-electron chi connectivity index (χ3n) is 5.17. The van der Waals surface area contributed by atoms with E-state index in [1.807, 2.05) is 0 Å². The van der Waals surface area contributed by atoms with Gasteiger partial charge in [-0.3, -0.25) is 0 Å². The summed E-state index contributed by atoms with van der Waals surface area (Å²) in [7, 11) is 2.33. The molecule has 0 spiro atoms. The normalized spacial score (nSPS) is 30.0. The molecule has 0 radical (unpaired) electrons. The predicted molar refractivity (Wildman–Crippen MR) is 78.9 cm³/mol. The summed E-state index contributed by atoms with van der Waals surface area (Å²) in [4.78, 5) is 2.60. The number of hydrogen-bond acceptors (Lipinski definition) is 2. The van der Waals surface area contributed by atoms with E-state index >= 15 is 0 Å². The van der Waals surface area contributed by atoms with Gasteiger partial charge in [0.2, 0.25) is 0 Å². The van der Waals surface area contributed by atoms with Crippen molar-refractivity contribution in [3.63, 3.8) is 0 Å². The standard InChI is InChI=1S/C16H32N2/c1-4-11-17-16-7-5-6-15(16)10-12-18(3)13(2)14-8-9-14/h13-17H,4-12H2,1-3H3. The average molecular weight is 252 g/mol. The van der Waals surface area contributed by atoms with Crippen LogP contribution in [0.3, 0.4) is 0 Å². The number of nitrogens with zero attached hydrogens (tertiary/aromatic N) is 1. The molecule has 106 valence electrons. The van der Waals surface area contributed by atoms with Crippen molar-refractivity contribution in [1.82, 2.24) is 10.2 Å². The van der Waals surface area contributed by atoms with Crippen molar-refractivity contribution in [3.05, 3.63) is 0 Å². The lowest BCUT2D eigenvalue weighted by Crippen LogP contribution is -2.37. The summed E-state index contributed by atoms with van der Waals surface area (Å²) in [6.07, 6.45) is 9.90. The van der Waals surface area contributed by atoms with Gasteiger partial charge in [-0.25, -0.2) is 0 Å². The molecule has 18 heavy (non-hydrogen) atoms. The van der Waals surface area contributed by atoms with E-state index in [0.717, 1.165) is 23.9 Å². The van der Waals surface area contributed by atoms with Gasteiger partial charge in [0, 0.05) is 12.1 Å². The lowest BCUT2D eigenvalue weighted by molar-refractivity contribution is 0.211. The van der Waals surface area contributed by atoms with Crippen LogP contribution in [0.2, 0.25) is 0 Å². The summed E-state index contributed by atoms with van der Waals surface area (Å²) >= 11 is 0. The largest absolute Gasteiger partial charge is 0.314 e. The van der Waals surface area contributed by atoms with Gasteiger partial charge in [0.1, 0.15) is 0 Å². The smallest absolute Gasteiger partial charge is 0.00958 e. The molecule has 3 unspecified atom stereocenters. The van der Waals surface area contributed by atoms with Crippen molar-refractivity contribution in [2.24, 2.45) is 11.8 Å². The highest BCUT2D eigenvalue weighted by Crippen LogP contribution is 2.35. The third-order valence-corrected chi connectivity index (χ3v) is 5.17. The second kappa shape index (κ2) is 6.91. The lowest BCUT2D eigenvalue weighted by atomic mass is 9.98. The molecule has 2 saturated carbocycles. The van der Waals surface area contributed by atoms with Crippen LogP contribution in [0.1, 0.15) is 58.8 Å². The van der Waals surface area contributed by atoms with Crippen LogP contribution in [0.15, 0.2) is 0 Å². The molecule has 0 bridgehead atoms. The number of rotatable bonds is 8. The Hall–Kier alpha value is -0.0800. The molecule has 0 aromatic heterocycles. The summed E-state index contributed by atoms with van der Waals surface area (Å²) in [5.74, 6) is 1.94. The van der Waals surface area contributed by atoms with Gasteiger partial charge in [0.15, 0.2) is 0 Å². The fourth-order valence-corrected chi connectivity index (χ4v) is 3.49. The van der Waals surface area contributed by atoms with Gasteiger partial charge < -0.3 is 10.2 Å². The molecule has 0 saturated heterocycles. The van der Waals surface area contributed by atoms with Crippen LogP contribution in [-0.2, 0) is 0 Å². The zero-order chi connectivity index (χ0) is 13.0. The minimum absolute atomic E-state index is 0.813. The Morgan fingerprint density at radius 3 is 2.67 bits per heavy atom. The fourth-order valence-electron chi connectivity index (χ4n) is 3.49. The number of nitrogens with one attached hydrogen (secondary N) is 1. The minimum atomic E-state index is 0.813. The average Bonchev–Trinajstić information content (AvgIpc) is 3.13. The Balaban J connectivity index is 1.67. The van der Waals surface area contributed by atoms with Crippen LogP contribution in [0, 0.1) is 11.8 Å². The van der Waals surface area contributed by atoms with E-state index < -0.39 is 0 Å². The summed E-state index contributed by atoms with van der Waals surface area (Å²) in [6, 6.07) is 1.63. The highest BCUT2D eigenvalue weighted by Gasteiger charge is 2.31. The van der Waals surface area contributed by atoms with Crippen molar-refractivity contribution in [1.29, 1.82) is 0 Å². The van der Waals surface area contributed by atoms with Crippen LogP contribution >= 0.6 is 0 Å². The molecule has 2 heteroatoms. The van der Waals surface area contributed by atoms with Crippen molar-refractivity contribution >= 4 is 0 Å². The molecule has 1 N–H and O–H groups in total. The van der Waals surface area contributed by atoms with E-state index in [2.05, 4.69) is 31.1 Å². The van der Waals surface area contributed by atoms with Crippen molar-refractivity contribution < 1.29 is 0 Å². The Kier molecular flexibility index (Phi) is 5.50. The van der Waals surface area contributed by atoms with E-state index in [9.17, 15) is 0 Å². The van der Waals surface area contributed by atoms with Crippen molar-refractivity contribution in [3.8, 4) is 0 Å². The zero-order valence-electron chi connectivity index (χ0n) is 12.6. The van der Waals surface area contributed by atoms with Crippen LogP contribution < -0.4 is 5.32 Å². The van der Waals surface area contributed by atoms with E-state index in [-0.39, 0.29) is 0 Å². The Labute approximate surface area is 114 Å². The van der Waals surface area contributed by atoms with Gasteiger partial charge >= 0.3 is 0 Å².